The molecule has 0 unspecified atom stereocenters. The molecule has 0 radical (unpaired) electrons. The van der Waals surface area contributed by atoms with Crippen molar-refractivity contribution < 1.29 is 31.1 Å². The van der Waals surface area contributed by atoms with Crippen molar-refractivity contribution in [3.8, 4) is 0 Å². The van der Waals surface area contributed by atoms with E-state index in [9.17, 15) is 31.1 Å². The molecule has 0 aliphatic carbocycles. The van der Waals surface area contributed by atoms with E-state index in [1.54, 1.807) is 0 Å². The number of carbonyl (C=O) groups is 1. The predicted molar refractivity (Wildman–Crippen MR) is 65.5 cm³/mol. The molecule has 1 aliphatic heterocycles. The molecular weight excluding hydrogens is 312 g/mol. The number of alkyl halides is 3. The summed E-state index contributed by atoms with van der Waals surface area (Å²) in [7, 11) is 0. The Labute approximate surface area is 122 Å². The Hall–Kier alpha value is -1.73. The summed E-state index contributed by atoms with van der Waals surface area (Å²) in [4.78, 5) is 12.2. The molecule has 1 aliphatic rings. The van der Waals surface area contributed by atoms with Gasteiger partial charge in [-0.1, -0.05) is 0 Å². The second-order valence-electron chi connectivity index (χ2n) is 5.28. The number of carbonyl (C=O) groups excluding carboxylic acids is 1. The van der Waals surface area contributed by atoms with E-state index in [0.29, 0.717) is 11.0 Å². The number of benzene rings is 1. The van der Waals surface area contributed by atoms with Gasteiger partial charge < -0.3 is 4.90 Å². The first kappa shape index (κ1) is 16.6. The number of nitrogens with zero attached hydrogens (tertiary/aromatic N) is 1. The summed E-state index contributed by atoms with van der Waals surface area (Å²) in [6, 6.07) is 0.249. The fourth-order valence-electron chi connectivity index (χ4n) is 2.80. The smallest absolute Gasteiger partial charge is 0.330 e. The number of likely N-dealkylation sites (tertiary alicyclic amines) is 1. The molecule has 1 amide bonds. The van der Waals surface area contributed by atoms with Crippen LogP contribution in [0, 0.1) is 17.5 Å². The van der Waals surface area contributed by atoms with Gasteiger partial charge in [0.1, 0.15) is 12.4 Å². The summed E-state index contributed by atoms with van der Waals surface area (Å²) < 4.78 is 78.6. The average Bonchev–Trinajstić information content (AvgIpc) is 2.40. The van der Waals surface area contributed by atoms with Gasteiger partial charge in [0.25, 0.3) is 0 Å². The highest BCUT2D eigenvalue weighted by Crippen LogP contribution is 2.37. The lowest BCUT2D eigenvalue weighted by atomic mass is 9.83. The molecule has 0 aromatic heterocycles. The van der Waals surface area contributed by atoms with Crippen LogP contribution in [0.5, 0.6) is 0 Å². The maximum atomic E-state index is 13.8. The van der Waals surface area contributed by atoms with Gasteiger partial charge in [0.2, 0.25) is 5.91 Å². The van der Waals surface area contributed by atoms with Gasteiger partial charge in [-0.05, 0) is 25.5 Å². The van der Waals surface area contributed by atoms with Gasteiger partial charge in [0.05, 0.1) is 0 Å². The zero-order chi connectivity index (χ0) is 16.7. The van der Waals surface area contributed by atoms with Gasteiger partial charge in [0, 0.05) is 23.9 Å². The van der Waals surface area contributed by atoms with E-state index in [-0.39, 0.29) is 12.8 Å². The molecule has 0 saturated carbocycles. The van der Waals surface area contributed by atoms with Crippen molar-refractivity contribution >= 4 is 5.91 Å². The highest BCUT2D eigenvalue weighted by molar-refractivity contribution is 5.77. The molecule has 8 heteroatoms. The van der Waals surface area contributed by atoms with Crippen LogP contribution in [-0.2, 0) is 4.79 Å². The minimum atomic E-state index is -4.62. The third-order valence-electron chi connectivity index (χ3n) is 3.86. The second-order valence-corrected chi connectivity index (χ2v) is 5.28. The number of hydrogen-bond acceptors (Lipinski definition) is 1. The minimum Gasteiger partial charge on any atom is -0.330 e. The third kappa shape index (κ3) is 3.20. The SMILES string of the molecule is C[C@@H]1[C@H](c2c(F)ccc(F)c2F)CCC(=O)N1CC(F)(F)F. The van der Waals surface area contributed by atoms with E-state index in [4.69, 9.17) is 0 Å². The molecule has 1 saturated heterocycles. The first-order chi connectivity index (χ1) is 10.1. The van der Waals surface area contributed by atoms with E-state index in [2.05, 4.69) is 0 Å². The standard InChI is InChI=1S/C14H13F6NO/c1-7-8(12-9(15)3-4-10(16)13(12)17)2-5-11(22)21(7)6-14(18,19)20/h3-4,7-8H,2,5-6H2,1H3/t7-,8-/m1/s1. The van der Waals surface area contributed by atoms with Gasteiger partial charge in [0.15, 0.2) is 11.6 Å². The molecule has 2 rings (SSSR count). The van der Waals surface area contributed by atoms with Crippen LogP contribution in [0.1, 0.15) is 31.2 Å². The Morgan fingerprint density at radius 3 is 2.36 bits per heavy atom. The Bertz CT molecular complexity index is 585. The summed E-state index contributed by atoms with van der Waals surface area (Å²) in [5.41, 5.74) is -0.604. The lowest BCUT2D eigenvalue weighted by Gasteiger charge is -2.40. The van der Waals surface area contributed by atoms with E-state index in [0.717, 1.165) is 6.07 Å². The minimum absolute atomic E-state index is 0.0361. The summed E-state index contributed by atoms with van der Waals surface area (Å²) in [5, 5.41) is 0. The molecule has 122 valence electrons. The first-order valence-electron chi connectivity index (χ1n) is 6.61. The van der Waals surface area contributed by atoms with Crippen molar-refractivity contribution in [2.45, 2.75) is 37.9 Å². The number of hydrogen-bond donors (Lipinski definition) is 0. The summed E-state index contributed by atoms with van der Waals surface area (Å²) in [6.07, 6.45) is -4.93. The average molecular weight is 325 g/mol. The van der Waals surface area contributed by atoms with Crippen molar-refractivity contribution in [2.75, 3.05) is 6.54 Å². The molecule has 1 aromatic carbocycles. The summed E-state index contributed by atoms with van der Waals surface area (Å²) >= 11 is 0. The Morgan fingerprint density at radius 2 is 1.77 bits per heavy atom. The van der Waals surface area contributed by atoms with E-state index < -0.39 is 53.6 Å². The summed E-state index contributed by atoms with van der Waals surface area (Å²) in [5.74, 6) is -5.49. The maximum Gasteiger partial charge on any atom is 0.406 e. The quantitative estimate of drug-likeness (QED) is 0.599. The molecule has 2 nitrogen and oxygen atoms in total. The van der Waals surface area contributed by atoms with Crippen molar-refractivity contribution in [1.29, 1.82) is 0 Å². The van der Waals surface area contributed by atoms with Crippen molar-refractivity contribution in [3.05, 3.63) is 35.1 Å². The Kier molecular flexibility index (Phi) is 4.39. The van der Waals surface area contributed by atoms with Gasteiger partial charge in [-0.3, -0.25) is 4.79 Å². The molecule has 0 bridgehead atoms. The van der Waals surface area contributed by atoms with Gasteiger partial charge in [-0.2, -0.15) is 13.2 Å². The zero-order valence-electron chi connectivity index (χ0n) is 11.6. The fourth-order valence-corrected chi connectivity index (χ4v) is 2.80. The lowest BCUT2D eigenvalue weighted by Crippen LogP contribution is -2.50. The summed E-state index contributed by atoms with van der Waals surface area (Å²) in [6.45, 7) is -0.223. The molecule has 0 spiro atoms. The second kappa shape index (κ2) is 5.81. The Morgan fingerprint density at radius 1 is 1.18 bits per heavy atom. The van der Waals surface area contributed by atoms with Crippen molar-refractivity contribution in [2.24, 2.45) is 0 Å². The fraction of sp³-hybridized carbons (Fsp3) is 0.500. The van der Waals surface area contributed by atoms with Crippen LogP contribution in [0.3, 0.4) is 0 Å². The van der Waals surface area contributed by atoms with Crippen LogP contribution < -0.4 is 0 Å². The van der Waals surface area contributed by atoms with Crippen molar-refractivity contribution in [1.82, 2.24) is 4.90 Å². The molecular formula is C14H13F6NO. The largest absolute Gasteiger partial charge is 0.406 e. The number of piperidine rings is 1. The van der Waals surface area contributed by atoms with Gasteiger partial charge >= 0.3 is 6.18 Å². The maximum absolute atomic E-state index is 13.8. The molecule has 0 N–H and O–H groups in total. The monoisotopic (exact) mass is 325 g/mol. The molecule has 22 heavy (non-hydrogen) atoms. The highest BCUT2D eigenvalue weighted by atomic mass is 19.4. The van der Waals surface area contributed by atoms with E-state index in [1.165, 1.54) is 6.92 Å². The molecule has 2 atom stereocenters. The van der Waals surface area contributed by atoms with Crippen LogP contribution in [0.2, 0.25) is 0 Å². The van der Waals surface area contributed by atoms with Crippen molar-refractivity contribution in [3.63, 3.8) is 0 Å². The topological polar surface area (TPSA) is 20.3 Å². The van der Waals surface area contributed by atoms with Crippen LogP contribution in [0.25, 0.3) is 0 Å². The van der Waals surface area contributed by atoms with E-state index in [1.807, 2.05) is 0 Å². The molecule has 1 aromatic rings. The Balaban J connectivity index is 2.37. The molecule has 1 fully saturated rings. The van der Waals surface area contributed by atoms with E-state index >= 15 is 0 Å². The normalized spacial score (nSPS) is 23.0. The van der Waals surface area contributed by atoms with Crippen LogP contribution in [0.4, 0.5) is 26.3 Å². The van der Waals surface area contributed by atoms with Crippen LogP contribution >= 0.6 is 0 Å². The van der Waals surface area contributed by atoms with Gasteiger partial charge in [-0.15, -0.1) is 0 Å². The number of amides is 1. The first-order valence-corrected chi connectivity index (χ1v) is 6.61. The zero-order valence-corrected chi connectivity index (χ0v) is 11.6. The lowest BCUT2D eigenvalue weighted by molar-refractivity contribution is -0.169. The number of rotatable bonds is 2. The highest BCUT2D eigenvalue weighted by Gasteiger charge is 2.42. The van der Waals surface area contributed by atoms with Crippen LogP contribution in [0.15, 0.2) is 12.1 Å². The van der Waals surface area contributed by atoms with Crippen LogP contribution in [-0.4, -0.2) is 29.6 Å². The third-order valence-corrected chi connectivity index (χ3v) is 3.86. The number of halogens is 6. The molecule has 1 heterocycles. The predicted octanol–water partition coefficient (Wildman–Crippen LogP) is 3.76. The van der Waals surface area contributed by atoms with Gasteiger partial charge in [-0.25, -0.2) is 13.2 Å².